The Morgan fingerprint density at radius 2 is 1.94 bits per heavy atom. The van der Waals surface area contributed by atoms with E-state index in [1.54, 1.807) is 6.07 Å². The topological polar surface area (TPSA) is 52.9 Å². The van der Waals surface area contributed by atoms with Gasteiger partial charge in [-0.3, -0.25) is 4.79 Å². The summed E-state index contributed by atoms with van der Waals surface area (Å²) in [6, 6.07) is 7.67. The van der Waals surface area contributed by atoms with Gasteiger partial charge in [0, 0.05) is 5.69 Å². The number of anilines is 1. The Kier molecular flexibility index (Phi) is 3.32. The second kappa shape index (κ2) is 4.62. The molecule has 1 aromatic carbocycles. The highest BCUT2D eigenvalue weighted by Gasteiger charge is 2.46. The van der Waals surface area contributed by atoms with Crippen LogP contribution in [0.25, 0.3) is 0 Å². The number of rotatable bonds is 0. The van der Waals surface area contributed by atoms with Crippen LogP contribution in [0.15, 0.2) is 18.2 Å². The molecule has 3 nitrogen and oxygen atoms in total. The number of carbonyl (C=O) groups is 1. The zero-order valence-corrected chi connectivity index (χ0v) is 10.8. The molecule has 0 atom stereocenters. The molecule has 18 heavy (non-hydrogen) atoms. The molecule has 0 bridgehead atoms. The van der Waals surface area contributed by atoms with Crippen molar-refractivity contribution in [3.8, 4) is 6.07 Å². The lowest BCUT2D eigenvalue weighted by atomic mass is 9.70. The zero-order chi connectivity index (χ0) is 11.9. The second-order valence-corrected chi connectivity index (χ2v) is 4.97. The van der Waals surface area contributed by atoms with Crippen LogP contribution >= 0.6 is 12.4 Å². The van der Waals surface area contributed by atoms with Gasteiger partial charge in [0.1, 0.15) is 0 Å². The molecule has 0 unspecified atom stereocenters. The summed E-state index contributed by atoms with van der Waals surface area (Å²) in [5.41, 5.74) is 2.25. The van der Waals surface area contributed by atoms with Crippen molar-refractivity contribution < 1.29 is 4.79 Å². The van der Waals surface area contributed by atoms with Gasteiger partial charge in [-0.05, 0) is 30.5 Å². The van der Waals surface area contributed by atoms with Crippen LogP contribution in [0, 0.1) is 11.3 Å². The predicted molar refractivity (Wildman–Crippen MR) is 71.8 cm³/mol. The van der Waals surface area contributed by atoms with Gasteiger partial charge in [-0.25, -0.2) is 0 Å². The average Bonchev–Trinajstić information content (AvgIpc) is 2.63. The lowest BCUT2D eigenvalue weighted by Gasteiger charge is -2.31. The molecule has 1 fully saturated rings. The number of benzene rings is 1. The van der Waals surface area contributed by atoms with Gasteiger partial charge in [0.2, 0.25) is 5.91 Å². The zero-order valence-electron chi connectivity index (χ0n) is 10.0. The van der Waals surface area contributed by atoms with Crippen molar-refractivity contribution in [2.75, 3.05) is 5.32 Å². The molecule has 0 saturated heterocycles. The van der Waals surface area contributed by atoms with Crippen LogP contribution in [0.1, 0.15) is 43.2 Å². The molecule has 1 N–H and O–H groups in total. The third kappa shape index (κ3) is 1.69. The van der Waals surface area contributed by atoms with Crippen LogP contribution in [-0.2, 0) is 10.2 Å². The largest absolute Gasteiger partial charge is 0.325 e. The van der Waals surface area contributed by atoms with Crippen LogP contribution in [0.5, 0.6) is 0 Å². The highest BCUT2D eigenvalue weighted by molar-refractivity contribution is 6.06. The fourth-order valence-electron chi connectivity index (χ4n) is 3.15. The molecule has 1 aliphatic heterocycles. The van der Waals surface area contributed by atoms with E-state index >= 15 is 0 Å². The summed E-state index contributed by atoms with van der Waals surface area (Å²) in [5.74, 6) is 0.127. The van der Waals surface area contributed by atoms with Crippen molar-refractivity contribution in [2.45, 2.75) is 37.5 Å². The first-order valence-electron chi connectivity index (χ1n) is 6.12. The van der Waals surface area contributed by atoms with Crippen LogP contribution in [0.4, 0.5) is 5.69 Å². The van der Waals surface area contributed by atoms with Crippen molar-refractivity contribution >= 4 is 24.0 Å². The normalized spacial score (nSPS) is 19.6. The molecular formula is C14H15ClN2O. The quantitative estimate of drug-likeness (QED) is 0.781. The predicted octanol–water partition coefficient (Wildman–Crippen LogP) is 3.13. The Labute approximate surface area is 113 Å². The summed E-state index contributed by atoms with van der Waals surface area (Å²) in [5, 5.41) is 11.8. The van der Waals surface area contributed by atoms with Gasteiger partial charge >= 0.3 is 0 Å². The first-order chi connectivity index (χ1) is 8.26. The first kappa shape index (κ1) is 12.9. The van der Waals surface area contributed by atoms with E-state index in [0.717, 1.165) is 36.9 Å². The highest BCUT2D eigenvalue weighted by atomic mass is 35.5. The van der Waals surface area contributed by atoms with Gasteiger partial charge < -0.3 is 5.32 Å². The second-order valence-electron chi connectivity index (χ2n) is 4.97. The SMILES string of the molecule is Cl.N#Cc1ccc2c(c1)NC(=O)C21CCCCC1. The Morgan fingerprint density at radius 1 is 1.22 bits per heavy atom. The molecule has 1 amide bonds. The molecule has 2 aliphatic rings. The highest BCUT2D eigenvalue weighted by Crippen LogP contribution is 2.47. The first-order valence-corrected chi connectivity index (χ1v) is 6.12. The number of hydrogen-bond donors (Lipinski definition) is 1. The number of carbonyl (C=O) groups excluding carboxylic acids is 1. The lowest BCUT2D eigenvalue weighted by Crippen LogP contribution is -2.36. The number of nitriles is 1. The Bertz CT molecular complexity index is 527. The van der Waals surface area contributed by atoms with Gasteiger partial charge in [0.15, 0.2) is 0 Å². The maximum atomic E-state index is 12.2. The summed E-state index contributed by atoms with van der Waals surface area (Å²) in [7, 11) is 0. The molecule has 3 rings (SSSR count). The molecule has 1 aromatic rings. The van der Waals surface area contributed by atoms with E-state index in [1.165, 1.54) is 6.42 Å². The molecule has 1 saturated carbocycles. The minimum Gasteiger partial charge on any atom is -0.325 e. The fraction of sp³-hybridized carbons (Fsp3) is 0.429. The maximum absolute atomic E-state index is 12.2. The smallest absolute Gasteiger partial charge is 0.235 e. The molecule has 0 radical (unpaired) electrons. The van der Waals surface area contributed by atoms with E-state index in [9.17, 15) is 4.79 Å². The van der Waals surface area contributed by atoms with Gasteiger partial charge in [-0.1, -0.05) is 25.3 Å². The van der Waals surface area contributed by atoms with Crippen molar-refractivity contribution in [3.63, 3.8) is 0 Å². The number of halogens is 1. The van der Waals surface area contributed by atoms with E-state index < -0.39 is 0 Å². The van der Waals surface area contributed by atoms with Crippen molar-refractivity contribution in [3.05, 3.63) is 29.3 Å². The summed E-state index contributed by atoms with van der Waals surface area (Å²) >= 11 is 0. The number of hydrogen-bond acceptors (Lipinski definition) is 2. The van der Waals surface area contributed by atoms with Crippen LogP contribution in [-0.4, -0.2) is 5.91 Å². The summed E-state index contributed by atoms with van der Waals surface area (Å²) < 4.78 is 0. The van der Waals surface area contributed by atoms with E-state index in [-0.39, 0.29) is 23.7 Å². The van der Waals surface area contributed by atoms with Gasteiger partial charge in [-0.2, -0.15) is 5.26 Å². The molecular weight excluding hydrogens is 248 g/mol. The van der Waals surface area contributed by atoms with Gasteiger partial charge in [0.05, 0.1) is 17.0 Å². The standard InChI is InChI=1S/C14H14N2O.ClH/c15-9-10-4-5-11-12(8-10)16-13(17)14(11)6-2-1-3-7-14;/h4-5,8H,1-3,6-7H2,(H,16,17);1H. The minimum absolute atomic E-state index is 0. The third-order valence-corrected chi connectivity index (χ3v) is 4.05. The van der Waals surface area contributed by atoms with Crippen LogP contribution in [0.3, 0.4) is 0 Å². The summed E-state index contributed by atoms with van der Waals surface area (Å²) in [6.45, 7) is 0. The molecule has 1 spiro atoms. The van der Waals surface area contributed by atoms with E-state index in [1.807, 2.05) is 12.1 Å². The fourth-order valence-corrected chi connectivity index (χ4v) is 3.15. The summed E-state index contributed by atoms with van der Waals surface area (Å²) in [4.78, 5) is 12.2. The molecule has 1 aliphatic carbocycles. The van der Waals surface area contributed by atoms with Crippen LogP contribution in [0.2, 0.25) is 0 Å². The molecule has 1 heterocycles. The number of amides is 1. The van der Waals surface area contributed by atoms with E-state index in [0.29, 0.717) is 5.56 Å². The molecule has 94 valence electrons. The van der Waals surface area contributed by atoms with Crippen molar-refractivity contribution in [1.29, 1.82) is 5.26 Å². The monoisotopic (exact) mass is 262 g/mol. The number of fused-ring (bicyclic) bond motifs is 2. The van der Waals surface area contributed by atoms with Crippen molar-refractivity contribution in [1.82, 2.24) is 0 Å². The third-order valence-electron chi connectivity index (χ3n) is 4.05. The number of nitrogens with one attached hydrogen (secondary N) is 1. The van der Waals surface area contributed by atoms with Crippen LogP contribution < -0.4 is 5.32 Å². The minimum atomic E-state index is -0.304. The Morgan fingerprint density at radius 3 is 2.61 bits per heavy atom. The maximum Gasteiger partial charge on any atom is 0.235 e. The Hall–Kier alpha value is -1.53. The molecule has 4 heteroatoms. The Balaban J connectivity index is 0.00000120. The van der Waals surface area contributed by atoms with Gasteiger partial charge in [0.25, 0.3) is 0 Å². The van der Waals surface area contributed by atoms with E-state index in [2.05, 4.69) is 11.4 Å². The van der Waals surface area contributed by atoms with Gasteiger partial charge in [-0.15, -0.1) is 12.4 Å². The lowest BCUT2D eigenvalue weighted by molar-refractivity contribution is -0.121. The number of nitrogens with zero attached hydrogens (tertiary/aromatic N) is 1. The average molecular weight is 263 g/mol. The molecule has 0 aromatic heterocycles. The van der Waals surface area contributed by atoms with E-state index in [4.69, 9.17) is 5.26 Å². The summed E-state index contributed by atoms with van der Waals surface area (Å²) in [6.07, 6.45) is 5.34. The van der Waals surface area contributed by atoms with Crippen molar-refractivity contribution in [2.24, 2.45) is 0 Å².